The molecule has 1 saturated heterocycles. The molecule has 0 radical (unpaired) electrons. The van der Waals surface area contributed by atoms with Crippen molar-refractivity contribution in [3.63, 3.8) is 0 Å². The first-order chi connectivity index (χ1) is 13.5. The Kier molecular flexibility index (Phi) is 4.58. The van der Waals surface area contributed by atoms with E-state index in [0.29, 0.717) is 16.3 Å². The summed E-state index contributed by atoms with van der Waals surface area (Å²) in [6, 6.07) is 18.9. The molecule has 2 heterocycles. The van der Waals surface area contributed by atoms with Gasteiger partial charge in [-0.3, -0.25) is 9.59 Å². The molecule has 2 aromatic carbocycles. The van der Waals surface area contributed by atoms with Gasteiger partial charge in [-0.1, -0.05) is 18.2 Å². The molecule has 0 spiro atoms. The van der Waals surface area contributed by atoms with E-state index in [1.54, 1.807) is 42.5 Å². The Morgan fingerprint density at radius 1 is 0.893 bits per heavy atom. The fourth-order valence-electron chi connectivity index (χ4n) is 2.91. The van der Waals surface area contributed by atoms with Crippen LogP contribution in [0.3, 0.4) is 0 Å². The van der Waals surface area contributed by atoms with E-state index in [1.807, 2.05) is 29.0 Å². The van der Waals surface area contributed by atoms with Crippen molar-refractivity contribution in [2.24, 2.45) is 0 Å². The first-order valence-corrected chi connectivity index (χ1v) is 9.20. The molecule has 1 aliphatic rings. The van der Waals surface area contributed by atoms with Crippen molar-refractivity contribution in [1.29, 1.82) is 0 Å². The minimum Gasteiger partial charge on any atom is -0.478 e. The summed E-state index contributed by atoms with van der Waals surface area (Å²) >= 11 is 0.893. The lowest BCUT2D eigenvalue weighted by Gasteiger charge is -2.11. The summed E-state index contributed by atoms with van der Waals surface area (Å²) in [6.07, 6.45) is 3.47. The van der Waals surface area contributed by atoms with Crippen LogP contribution in [-0.4, -0.2) is 26.8 Å². The molecule has 3 aromatic rings. The molecule has 28 heavy (non-hydrogen) atoms. The van der Waals surface area contributed by atoms with Crippen LogP contribution in [0.15, 0.2) is 77.8 Å². The lowest BCUT2D eigenvalue weighted by Crippen LogP contribution is -2.27. The summed E-state index contributed by atoms with van der Waals surface area (Å²) in [7, 11) is 0. The minimum absolute atomic E-state index is 0.196. The zero-order chi connectivity index (χ0) is 19.7. The van der Waals surface area contributed by atoms with E-state index in [0.717, 1.165) is 22.3 Å². The Morgan fingerprint density at radius 3 is 2.29 bits per heavy atom. The summed E-state index contributed by atoms with van der Waals surface area (Å²) in [5.74, 6) is -1.36. The first kappa shape index (κ1) is 17.8. The summed E-state index contributed by atoms with van der Waals surface area (Å²) in [4.78, 5) is 37.6. The average Bonchev–Trinajstić information content (AvgIpc) is 3.27. The van der Waals surface area contributed by atoms with E-state index in [1.165, 1.54) is 12.1 Å². The number of carboxylic acids is 1. The van der Waals surface area contributed by atoms with Crippen molar-refractivity contribution in [3.8, 4) is 5.69 Å². The van der Waals surface area contributed by atoms with Crippen molar-refractivity contribution in [2.75, 3.05) is 4.90 Å². The quantitative estimate of drug-likeness (QED) is 0.667. The number of hydrogen-bond acceptors (Lipinski definition) is 4. The predicted molar refractivity (Wildman–Crippen MR) is 108 cm³/mol. The van der Waals surface area contributed by atoms with Gasteiger partial charge in [0.25, 0.3) is 11.1 Å². The number of nitrogens with zero attached hydrogens (tertiary/aromatic N) is 2. The van der Waals surface area contributed by atoms with Crippen molar-refractivity contribution in [2.45, 2.75) is 0 Å². The van der Waals surface area contributed by atoms with E-state index >= 15 is 0 Å². The van der Waals surface area contributed by atoms with Gasteiger partial charge in [-0.2, -0.15) is 0 Å². The number of hydrogen-bond donors (Lipinski definition) is 1. The van der Waals surface area contributed by atoms with Gasteiger partial charge < -0.3 is 9.67 Å². The van der Waals surface area contributed by atoms with Gasteiger partial charge >= 0.3 is 5.97 Å². The molecular formula is C21H14N2O4S. The zero-order valence-electron chi connectivity index (χ0n) is 14.5. The number of anilines is 1. The summed E-state index contributed by atoms with van der Waals surface area (Å²) in [6.45, 7) is 0. The van der Waals surface area contributed by atoms with E-state index < -0.39 is 5.97 Å². The van der Waals surface area contributed by atoms with Gasteiger partial charge in [-0.05, 0) is 66.4 Å². The normalized spacial score (nSPS) is 15.4. The van der Waals surface area contributed by atoms with Crippen LogP contribution >= 0.6 is 11.8 Å². The maximum atomic E-state index is 12.8. The molecule has 2 amide bonds. The highest BCUT2D eigenvalue weighted by Crippen LogP contribution is 2.35. The smallest absolute Gasteiger partial charge is 0.335 e. The minimum atomic E-state index is -0.992. The second-order valence-electron chi connectivity index (χ2n) is 6.01. The number of benzene rings is 2. The molecule has 0 unspecified atom stereocenters. The molecule has 7 heteroatoms. The third-order valence-electron chi connectivity index (χ3n) is 4.26. The van der Waals surface area contributed by atoms with Crippen LogP contribution in [0.5, 0.6) is 0 Å². The summed E-state index contributed by atoms with van der Waals surface area (Å²) < 4.78 is 1.82. The Balaban J connectivity index is 1.66. The molecule has 4 rings (SSSR count). The molecule has 0 saturated carbocycles. The van der Waals surface area contributed by atoms with Crippen molar-refractivity contribution in [3.05, 3.63) is 89.1 Å². The lowest BCUT2D eigenvalue weighted by molar-refractivity contribution is -0.113. The molecular weight excluding hydrogens is 376 g/mol. The van der Waals surface area contributed by atoms with Gasteiger partial charge in [-0.25, -0.2) is 9.69 Å². The number of carbonyl (C=O) groups excluding carboxylic acids is 2. The Bertz CT molecular complexity index is 1100. The Morgan fingerprint density at radius 2 is 1.61 bits per heavy atom. The topological polar surface area (TPSA) is 79.6 Å². The van der Waals surface area contributed by atoms with Gasteiger partial charge in [0.15, 0.2) is 0 Å². The maximum absolute atomic E-state index is 12.8. The highest BCUT2D eigenvalue weighted by Gasteiger charge is 2.36. The Labute approximate surface area is 164 Å². The molecule has 138 valence electrons. The summed E-state index contributed by atoms with van der Waals surface area (Å²) in [5.41, 5.74) is 2.19. The standard InChI is InChI=1S/C21H14N2O4S/c24-19-18(28-21(27)23(19)16-5-2-1-3-6-16)13-17-7-4-12-22(17)15-10-8-14(9-11-15)20(25)26/h1-13H,(H,25,26)/b18-13-. The SMILES string of the molecule is O=C(O)c1ccc(-n2cccc2/C=C2\SC(=O)N(c3ccccc3)C2=O)cc1. The number of thioether (sulfide) groups is 1. The monoisotopic (exact) mass is 390 g/mol. The second kappa shape index (κ2) is 7.21. The second-order valence-corrected chi connectivity index (χ2v) is 7.00. The molecule has 6 nitrogen and oxygen atoms in total. The van der Waals surface area contributed by atoms with E-state index in [-0.39, 0.29) is 16.7 Å². The van der Waals surface area contributed by atoms with Crippen molar-refractivity contribution >= 4 is 40.6 Å². The number of amides is 2. The molecule has 1 fully saturated rings. The van der Waals surface area contributed by atoms with E-state index in [9.17, 15) is 14.4 Å². The van der Waals surface area contributed by atoms with Crippen LogP contribution in [0.2, 0.25) is 0 Å². The third-order valence-corrected chi connectivity index (χ3v) is 5.13. The largest absolute Gasteiger partial charge is 0.478 e. The molecule has 0 bridgehead atoms. The highest BCUT2D eigenvalue weighted by molar-refractivity contribution is 8.19. The van der Waals surface area contributed by atoms with Gasteiger partial charge in [0.2, 0.25) is 0 Å². The van der Waals surface area contributed by atoms with E-state index in [4.69, 9.17) is 5.11 Å². The third kappa shape index (κ3) is 3.23. The molecule has 0 aliphatic carbocycles. The number of para-hydroxylation sites is 1. The number of imide groups is 1. The van der Waals surface area contributed by atoms with Crippen molar-refractivity contribution in [1.82, 2.24) is 4.57 Å². The van der Waals surface area contributed by atoms with Crippen LogP contribution in [0.25, 0.3) is 11.8 Å². The summed E-state index contributed by atoms with van der Waals surface area (Å²) in [5, 5.41) is 8.69. The Hall–Kier alpha value is -3.58. The van der Waals surface area contributed by atoms with Crippen LogP contribution in [-0.2, 0) is 4.79 Å². The molecule has 1 N–H and O–H groups in total. The van der Waals surface area contributed by atoms with Crippen LogP contribution in [0, 0.1) is 0 Å². The predicted octanol–water partition coefficient (Wildman–Crippen LogP) is 4.42. The van der Waals surface area contributed by atoms with Crippen LogP contribution < -0.4 is 4.90 Å². The van der Waals surface area contributed by atoms with Crippen molar-refractivity contribution < 1.29 is 19.5 Å². The number of rotatable bonds is 4. The number of aromatic nitrogens is 1. The average molecular weight is 390 g/mol. The molecule has 1 aliphatic heterocycles. The molecule has 0 atom stereocenters. The van der Waals surface area contributed by atoms with Gasteiger partial charge in [0.05, 0.1) is 16.2 Å². The number of carboxylic acid groups (broad SMARTS) is 1. The van der Waals surface area contributed by atoms with Crippen LogP contribution in [0.4, 0.5) is 10.5 Å². The lowest BCUT2D eigenvalue weighted by atomic mass is 10.2. The number of carbonyl (C=O) groups is 3. The van der Waals surface area contributed by atoms with Crippen LogP contribution in [0.1, 0.15) is 16.1 Å². The molecule has 1 aromatic heterocycles. The van der Waals surface area contributed by atoms with Gasteiger partial charge in [-0.15, -0.1) is 0 Å². The van der Waals surface area contributed by atoms with E-state index in [2.05, 4.69) is 0 Å². The fourth-order valence-corrected chi connectivity index (χ4v) is 3.74. The first-order valence-electron chi connectivity index (χ1n) is 8.39. The zero-order valence-corrected chi connectivity index (χ0v) is 15.3. The highest BCUT2D eigenvalue weighted by atomic mass is 32.2. The fraction of sp³-hybridized carbons (Fsp3) is 0. The van der Waals surface area contributed by atoms with Gasteiger partial charge in [0.1, 0.15) is 0 Å². The van der Waals surface area contributed by atoms with Gasteiger partial charge in [0, 0.05) is 17.6 Å². The number of aromatic carboxylic acids is 1. The maximum Gasteiger partial charge on any atom is 0.335 e.